The molecule has 0 amide bonds. The Morgan fingerprint density at radius 3 is 2.26 bits per heavy atom. The summed E-state index contributed by atoms with van der Waals surface area (Å²) < 4.78 is 31.9. The number of fused-ring (bicyclic) bond motifs is 6. The van der Waals surface area contributed by atoms with Gasteiger partial charge in [0.15, 0.2) is 12.1 Å². The van der Waals surface area contributed by atoms with Crippen LogP contribution in [0.15, 0.2) is 0 Å². The van der Waals surface area contributed by atoms with Crippen LogP contribution in [-0.4, -0.2) is 82.8 Å². The second kappa shape index (κ2) is 8.39. The zero-order chi connectivity index (χ0) is 30.2. The Hall–Kier alpha value is -0.320. The van der Waals surface area contributed by atoms with E-state index in [1.807, 2.05) is 0 Å². The van der Waals surface area contributed by atoms with Gasteiger partial charge in [0.05, 0.1) is 25.4 Å². The molecule has 4 aliphatic heterocycles. The first-order valence-electron chi connectivity index (χ1n) is 17.5. The molecule has 242 valence electrons. The molecule has 0 aromatic heterocycles. The third kappa shape index (κ3) is 3.27. The molecule has 8 nitrogen and oxygen atoms in total. The van der Waals surface area contributed by atoms with E-state index in [0.717, 1.165) is 25.7 Å². The standard InChI is InChI=1S/C35H54O8/c1-18-13-35(28-32(6,43-28)17-40-35)42-20-14-31(5)22-8-7-21-29(2,3)23(41-27-26(38)25(37)19(36)15-39-27)9-10-33(21)16-34(22,33)12-11-30(31,4)24(18)20/h18-28,36-38H,7-17H2,1-6H3/t18-,19-,20+,21+,22+,23+,24+,25+,26-,27+,28+,30-,31+,32+,33-,34-,35+/m1/s1. The van der Waals surface area contributed by atoms with Gasteiger partial charge in [-0.1, -0.05) is 34.6 Å². The van der Waals surface area contributed by atoms with E-state index in [1.54, 1.807) is 0 Å². The highest BCUT2D eigenvalue weighted by molar-refractivity contribution is 5.32. The molecule has 43 heavy (non-hydrogen) atoms. The van der Waals surface area contributed by atoms with Gasteiger partial charge in [0.25, 0.3) is 0 Å². The van der Waals surface area contributed by atoms with E-state index in [-0.39, 0.29) is 46.8 Å². The Bertz CT molecular complexity index is 1210. The maximum atomic E-state index is 10.6. The molecule has 0 bridgehead atoms. The van der Waals surface area contributed by atoms with Gasteiger partial charge in [-0.2, -0.15) is 0 Å². The predicted octanol–water partition coefficient (Wildman–Crippen LogP) is 4.17. The average molecular weight is 603 g/mol. The summed E-state index contributed by atoms with van der Waals surface area (Å²) in [5, 5.41) is 30.8. The van der Waals surface area contributed by atoms with E-state index in [2.05, 4.69) is 41.5 Å². The fraction of sp³-hybridized carbons (Fsp3) is 1.00. The minimum atomic E-state index is -1.24. The molecule has 17 atom stereocenters. The van der Waals surface area contributed by atoms with Gasteiger partial charge in [0.1, 0.15) is 30.0 Å². The van der Waals surface area contributed by atoms with Crippen molar-refractivity contribution in [2.45, 2.75) is 154 Å². The van der Waals surface area contributed by atoms with Crippen molar-refractivity contribution >= 4 is 0 Å². The third-order valence-electron chi connectivity index (χ3n) is 16.3. The fourth-order valence-electron chi connectivity index (χ4n) is 14.2. The van der Waals surface area contributed by atoms with Crippen molar-refractivity contribution in [2.75, 3.05) is 13.2 Å². The Balaban J connectivity index is 0.975. The first-order valence-corrected chi connectivity index (χ1v) is 17.5. The molecular weight excluding hydrogens is 548 g/mol. The van der Waals surface area contributed by atoms with E-state index in [9.17, 15) is 15.3 Å². The van der Waals surface area contributed by atoms with Crippen molar-refractivity contribution in [1.29, 1.82) is 0 Å². The molecule has 0 aromatic carbocycles. The van der Waals surface area contributed by atoms with Crippen LogP contribution in [0.1, 0.15) is 99.3 Å². The molecule has 8 heteroatoms. The molecule has 9 fully saturated rings. The van der Waals surface area contributed by atoms with Crippen LogP contribution in [0.3, 0.4) is 0 Å². The molecule has 0 aromatic rings. The van der Waals surface area contributed by atoms with Crippen LogP contribution >= 0.6 is 0 Å². The second-order valence-corrected chi connectivity index (χ2v) is 18.2. The van der Waals surface area contributed by atoms with Gasteiger partial charge in [0, 0.05) is 6.42 Å². The number of aliphatic hydroxyl groups excluding tert-OH is 3. The molecule has 3 N–H and O–H groups in total. The quantitative estimate of drug-likeness (QED) is 0.319. The van der Waals surface area contributed by atoms with Crippen LogP contribution in [0.25, 0.3) is 0 Å². The number of ether oxygens (including phenoxy) is 5. The SMILES string of the molecule is C[C@@H]1C[C@]2(OC[C@]3(C)O[C@H]23)O[C@H]2C[C@@]3(C)[C@@H]4CC[C@H]5C(C)(C)[C@@H](O[C@@H]6OC[C@@H](O)[C@H](O)[C@H]6O)CC[C@@]56C[C@]46CC[C@]3(C)[C@@H]12. The summed E-state index contributed by atoms with van der Waals surface area (Å²) >= 11 is 0. The topological polar surface area (TPSA) is 110 Å². The molecular formula is C35H54O8. The Kier molecular flexibility index (Phi) is 5.63. The van der Waals surface area contributed by atoms with Crippen molar-refractivity contribution in [2.24, 2.45) is 50.7 Å². The molecule has 5 saturated carbocycles. The van der Waals surface area contributed by atoms with Crippen molar-refractivity contribution < 1.29 is 39.0 Å². The zero-order valence-electron chi connectivity index (χ0n) is 27.0. The monoisotopic (exact) mass is 602 g/mol. The summed E-state index contributed by atoms with van der Waals surface area (Å²) in [7, 11) is 0. The molecule has 9 aliphatic rings. The Labute approximate surface area is 256 Å². The van der Waals surface area contributed by atoms with Crippen LogP contribution in [0.5, 0.6) is 0 Å². The maximum Gasteiger partial charge on any atom is 0.198 e. The number of epoxide rings is 1. The van der Waals surface area contributed by atoms with Gasteiger partial charge in [-0.25, -0.2) is 0 Å². The smallest absolute Gasteiger partial charge is 0.198 e. The first kappa shape index (κ1) is 28.9. The molecule has 3 spiro atoms. The highest BCUT2D eigenvalue weighted by atomic mass is 16.8. The summed E-state index contributed by atoms with van der Waals surface area (Å²) in [5.74, 6) is 1.86. The molecule has 0 radical (unpaired) electrons. The predicted molar refractivity (Wildman–Crippen MR) is 156 cm³/mol. The second-order valence-electron chi connectivity index (χ2n) is 18.2. The zero-order valence-corrected chi connectivity index (χ0v) is 27.0. The van der Waals surface area contributed by atoms with Crippen LogP contribution in [0, 0.1) is 50.7 Å². The number of hydrogen-bond acceptors (Lipinski definition) is 8. The van der Waals surface area contributed by atoms with Gasteiger partial charge < -0.3 is 39.0 Å². The van der Waals surface area contributed by atoms with E-state index in [0.29, 0.717) is 41.1 Å². The van der Waals surface area contributed by atoms with Crippen LogP contribution in [0.2, 0.25) is 0 Å². The normalized spacial score (nSPS) is 65.9. The number of hydrogen-bond donors (Lipinski definition) is 3. The van der Waals surface area contributed by atoms with Gasteiger partial charge in [-0.3, -0.25) is 0 Å². The lowest BCUT2D eigenvalue weighted by Gasteiger charge is -2.63. The fourth-order valence-corrected chi connectivity index (χ4v) is 14.2. The minimum absolute atomic E-state index is 0.0177. The van der Waals surface area contributed by atoms with Crippen molar-refractivity contribution in [3.63, 3.8) is 0 Å². The summed E-state index contributed by atoms with van der Waals surface area (Å²) in [6, 6.07) is 0. The molecule has 9 rings (SSSR count). The molecule has 5 aliphatic carbocycles. The first-order chi connectivity index (χ1) is 20.2. The largest absolute Gasteiger partial charge is 0.388 e. The van der Waals surface area contributed by atoms with Crippen molar-refractivity contribution in [1.82, 2.24) is 0 Å². The lowest BCUT2D eigenvalue weighted by molar-refractivity contribution is -0.305. The van der Waals surface area contributed by atoms with Crippen LogP contribution in [-0.2, 0) is 23.7 Å². The lowest BCUT2D eigenvalue weighted by Crippen LogP contribution is -2.60. The summed E-state index contributed by atoms with van der Waals surface area (Å²) in [4.78, 5) is 0. The van der Waals surface area contributed by atoms with Gasteiger partial charge in [0.2, 0.25) is 0 Å². The average Bonchev–Trinajstić information content (AvgIpc) is 3.77. The Morgan fingerprint density at radius 2 is 1.53 bits per heavy atom. The molecule has 0 unspecified atom stereocenters. The van der Waals surface area contributed by atoms with Crippen molar-refractivity contribution in [3.8, 4) is 0 Å². The number of rotatable bonds is 2. The Morgan fingerprint density at radius 1 is 0.791 bits per heavy atom. The van der Waals surface area contributed by atoms with Crippen LogP contribution < -0.4 is 0 Å². The van der Waals surface area contributed by atoms with Gasteiger partial charge in [-0.15, -0.1) is 0 Å². The summed E-state index contributed by atoms with van der Waals surface area (Å²) in [5.41, 5.74) is 1.08. The van der Waals surface area contributed by atoms with Gasteiger partial charge >= 0.3 is 0 Å². The van der Waals surface area contributed by atoms with E-state index in [1.165, 1.54) is 32.1 Å². The van der Waals surface area contributed by atoms with E-state index < -0.39 is 30.4 Å². The number of aliphatic hydroxyl groups is 3. The van der Waals surface area contributed by atoms with Crippen LogP contribution in [0.4, 0.5) is 0 Å². The van der Waals surface area contributed by atoms with Gasteiger partial charge in [-0.05, 0) is 109 Å². The highest BCUT2D eigenvalue weighted by Gasteiger charge is 2.84. The van der Waals surface area contributed by atoms with Crippen molar-refractivity contribution in [3.05, 3.63) is 0 Å². The molecule has 4 heterocycles. The van der Waals surface area contributed by atoms with E-state index in [4.69, 9.17) is 23.7 Å². The lowest BCUT2D eigenvalue weighted by atomic mass is 9.41. The maximum absolute atomic E-state index is 10.6. The third-order valence-corrected chi connectivity index (χ3v) is 16.3. The molecule has 4 saturated heterocycles. The summed E-state index contributed by atoms with van der Waals surface area (Å²) in [6.07, 6.45) is 6.47. The summed E-state index contributed by atoms with van der Waals surface area (Å²) in [6.45, 7) is 15.3. The van der Waals surface area contributed by atoms with E-state index >= 15 is 0 Å². The minimum Gasteiger partial charge on any atom is -0.388 e. The highest BCUT2D eigenvalue weighted by Crippen LogP contribution is 2.89.